The van der Waals surface area contributed by atoms with E-state index in [0.29, 0.717) is 53.0 Å². The predicted octanol–water partition coefficient (Wildman–Crippen LogP) is 2.59. The van der Waals surface area contributed by atoms with Crippen LogP contribution in [-0.2, 0) is 34.5 Å². The number of halogens is 1. The van der Waals surface area contributed by atoms with Crippen LogP contribution in [0.15, 0.2) is 16.9 Å². The van der Waals surface area contributed by atoms with Crippen LogP contribution < -0.4 is 5.56 Å². The van der Waals surface area contributed by atoms with Crippen molar-refractivity contribution in [2.75, 3.05) is 13.2 Å². The molecule has 1 aliphatic heterocycles. The minimum absolute atomic E-state index is 0.130. The van der Waals surface area contributed by atoms with Crippen LogP contribution in [0.3, 0.4) is 0 Å². The number of benzene rings is 1. The number of Topliss-reactive ketones (excluding diaryl/α,β-unsaturated/α-hetero) is 1. The van der Waals surface area contributed by atoms with Gasteiger partial charge in [-0.2, -0.15) is 0 Å². The quantitative estimate of drug-likeness (QED) is 0.482. The van der Waals surface area contributed by atoms with Crippen molar-refractivity contribution < 1.29 is 24.1 Å². The van der Waals surface area contributed by atoms with Crippen molar-refractivity contribution in [3.63, 3.8) is 0 Å². The Kier molecular flexibility index (Phi) is 4.62. The maximum atomic E-state index is 14.8. The number of aliphatic hydroxyl groups is 2. The first kappa shape index (κ1) is 21.6. The summed E-state index contributed by atoms with van der Waals surface area (Å²) in [5.74, 6) is -0.634. The first-order valence-electron chi connectivity index (χ1n) is 11.7. The fourth-order valence-electron chi connectivity index (χ4n) is 6.04. The number of hydrogen-bond acceptors (Lipinski definition) is 6. The van der Waals surface area contributed by atoms with E-state index in [1.165, 1.54) is 6.07 Å². The van der Waals surface area contributed by atoms with E-state index in [1.54, 1.807) is 24.5 Å². The Morgan fingerprint density at radius 2 is 2.03 bits per heavy atom. The lowest BCUT2D eigenvalue weighted by Crippen LogP contribution is -2.43. The van der Waals surface area contributed by atoms with Crippen LogP contribution in [0.5, 0.6) is 0 Å². The number of hydrogen-bond donors (Lipinski definition) is 2. The molecule has 0 spiro atoms. The molecule has 0 amide bonds. The lowest BCUT2D eigenvalue weighted by atomic mass is 9.77. The second-order valence-corrected chi connectivity index (χ2v) is 9.45. The molecule has 8 heteroatoms. The van der Waals surface area contributed by atoms with E-state index in [9.17, 15) is 24.2 Å². The van der Waals surface area contributed by atoms with Crippen molar-refractivity contribution in [3.05, 3.63) is 61.7 Å². The number of nitrogens with zero attached hydrogens (tertiary/aromatic N) is 2. The van der Waals surface area contributed by atoms with E-state index < -0.39 is 5.60 Å². The third-order valence-corrected chi connectivity index (χ3v) is 7.85. The summed E-state index contributed by atoms with van der Waals surface area (Å²) in [5.41, 5.74) is 3.59. The zero-order valence-electron chi connectivity index (χ0n) is 19.1. The number of carbonyl (C=O) groups excluding carboxylic acids is 1. The number of ether oxygens (including phenoxy) is 1. The van der Waals surface area contributed by atoms with Crippen molar-refractivity contribution in [2.24, 2.45) is 0 Å². The third kappa shape index (κ3) is 2.64. The molecule has 34 heavy (non-hydrogen) atoms. The molecule has 0 saturated carbocycles. The van der Waals surface area contributed by atoms with E-state index in [1.807, 2.05) is 0 Å². The van der Waals surface area contributed by atoms with Crippen LogP contribution >= 0.6 is 0 Å². The van der Waals surface area contributed by atoms with Gasteiger partial charge in [0.2, 0.25) is 0 Å². The topological polar surface area (TPSA) is 102 Å². The fourth-order valence-corrected chi connectivity index (χ4v) is 6.04. The normalized spacial score (nSPS) is 22.3. The van der Waals surface area contributed by atoms with Crippen molar-refractivity contribution in [2.45, 2.75) is 57.8 Å². The van der Waals surface area contributed by atoms with Crippen molar-refractivity contribution >= 4 is 16.7 Å². The minimum atomic E-state index is -1.69. The largest absolute Gasteiger partial charge is 0.394 e. The lowest BCUT2D eigenvalue weighted by molar-refractivity contribution is -0.140. The van der Waals surface area contributed by atoms with Gasteiger partial charge in [0.25, 0.3) is 5.56 Å². The highest BCUT2D eigenvalue weighted by molar-refractivity contribution is 5.95. The molecule has 2 N–H and O–H groups in total. The monoisotopic (exact) mass is 464 g/mol. The average molecular weight is 464 g/mol. The summed E-state index contributed by atoms with van der Waals surface area (Å²) in [4.78, 5) is 30.9. The number of pyridine rings is 2. The summed E-state index contributed by atoms with van der Waals surface area (Å²) in [6, 6.07) is 3.14. The van der Waals surface area contributed by atoms with Gasteiger partial charge in [-0.1, -0.05) is 6.92 Å². The zero-order chi connectivity index (χ0) is 23.9. The molecule has 2 aliphatic carbocycles. The molecule has 3 aliphatic rings. The van der Waals surface area contributed by atoms with Gasteiger partial charge in [-0.25, -0.2) is 9.37 Å². The van der Waals surface area contributed by atoms with E-state index in [2.05, 4.69) is 0 Å². The van der Waals surface area contributed by atoms with Gasteiger partial charge < -0.3 is 19.5 Å². The average Bonchev–Trinajstić information content (AvgIpc) is 3.39. The summed E-state index contributed by atoms with van der Waals surface area (Å²) in [5, 5.41) is 21.4. The van der Waals surface area contributed by atoms with Crippen molar-refractivity contribution in [3.8, 4) is 11.4 Å². The molecule has 0 fully saturated rings. The number of carbonyl (C=O) groups is 1. The van der Waals surface area contributed by atoms with E-state index in [-0.39, 0.29) is 49.3 Å². The second-order valence-electron chi connectivity index (χ2n) is 9.45. The highest BCUT2D eigenvalue weighted by Gasteiger charge is 2.44. The van der Waals surface area contributed by atoms with Gasteiger partial charge in [0.1, 0.15) is 11.4 Å². The summed E-state index contributed by atoms with van der Waals surface area (Å²) in [6.07, 6.45) is 0.696. The van der Waals surface area contributed by atoms with Crippen LogP contribution in [0.1, 0.15) is 59.3 Å². The van der Waals surface area contributed by atoms with Crippen molar-refractivity contribution in [1.29, 1.82) is 0 Å². The first-order chi connectivity index (χ1) is 16.3. The maximum Gasteiger partial charge on any atom is 0.254 e. The number of rotatable bonds is 4. The second kappa shape index (κ2) is 7.28. The molecule has 1 unspecified atom stereocenters. The Hall–Kier alpha value is -2.94. The smallest absolute Gasteiger partial charge is 0.254 e. The fraction of sp³-hybridized carbons (Fsp3) is 0.423. The summed E-state index contributed by atoms with van der Waals surface area (Å²) in [7, 11) is 0. The van der Waals surface area contributed by atoms with Gasteiger partial charge >= 0.3 is 0 Å². The third-order valence-electron chi connectivity index (χ3n) is 7.85. The minimum Gasteiger partial charge on any atom is -0.394 e. The molecule has 7 nitrogen and oxygen atoms in total. The first-order valence-corrected chi connectivity index (χ1v) is 11.7. The Balaban J connectivity index is 1.64. The number of ketones is 1. The molecular weight excluding hydrogens is 439 g/mol. The molecule has 1 aromatic carbocycles. The molecule has 3 aromatic rings. The molecule has 2 atom stereocenters. The molecule has 0 saturated heterocycles. The molecule has 176 valence electrons. The number of aliphatic hydroxyl groups excluding tert-OH is 1. The van der Waals surface area contributed by atoms with E-state index in [0.717, 1.165) is 22.1 Å². The predicted molar refractivity (Wildman–Crippen MR) is 122 cm³/mol. The molecule has 3 heterocycles. The lowest BCUT2D eigenvalue weighted by Gasteiger charge is -2.32. The van der Waals surface area contributed by atoms with Gasteiger partial charge in [0.05, 0.1) is 42.8 Å². The number of fused-ring (bicyclic) bond motifs is 5. The van der Waals surface area contributed by atoms with Crippen molar-refractivity contribution in [1.82, 2.24) is 9.55 Å². The molecule has 0 bridgehead atoms. The summed E-state index contributed by atoms with van der Waals surface area (Å²) >= 11 is 0. The van der Waals surface area contributed by atoms with Gasteiger partial charge in [-0.15, -0.1) is 0 Å². The van der Waals surface area contributed by atoms with Gasteiger partial charge in [-0.3, -0.25) is 9.59 Å². The highest BCUT2D eigenvalue weighted by atomic mass is 19.1. The van der Waals surface area contributed by atoms with Crippen LogP contribution in [-0.4, -0.2) is 38.8 Å². The van der Waals surface area contributed by atoms with E-state index >= 15 is 0 Å². The summed E-state index contributed by atoms with van der Waals surface area (Å²) < 4.78 is 22.4. The number of aromatic nitrogens is 2. The molecular formula is C26H25FN2O5. The Morgan fingerprint density at radius 1 is 1.24 bits per heavy atom. The van der Waals surface area contributed by atoms with Gasteiger partial charge in [0, 0.05) is 41.0 Å². The maximum absolute atomic E-state index is 14.8. The van der Waals surface area contributed by atoms with E-state index in [4.69, 9.17) is 9.72 Å². The Morgan fingerprint density at radius 3 is 2.76 bits per heavy atom. The Bertz CT molecular complexity index is 1480. The van der Waals surface area contributed by atoms with Crippen LogP contribution in [0.25, 0.3) is 22.3 Å². The van der Waals surface area contributed by atoms with Crippen LogP contribution in [0.4, 0.5) is 4.39 Å². The Labute approximate surface area is 194 Å². The molecule has 6 rings (SSSR count). The highest BCUT2D eigenvalue weighted by Crippen LogP contribution is 2.48. The van der Waals surface area contributed by atoms with Crippen LogP contribution in [0, 0.1) is 12.7 Å². The van der Waals surface area contributed by atoms with Gasteiger partial charge in [0.15, 0.2) is 5.78 Å². The SMILES string of the molecule is CC[C@@]1(O)C(=O)CCc2c1cc1n(c2=O)Cc2c-1nc1cc(F)c(C)c3c1c2C(OCCO)C3. The summed E-state index contributed by atoms with van der Waals surface area (Å²) in [6.45, 7) is 3.78. The van der Waals surface area contributed by atoms with Gasteiger partial charge in [-0.05, 0) is 42.5 Å². The molecule has 0 radical (unpaired) electrons. The zero-order valence-corrected chi connectivity index (χ0v) is 19.1. The standard InChI is InChI=1S/C26H25FN2O5/c1-3-26(33)16-9-19-24-15(11-29(19)25(32)13(16)4-5-21(26)31)23-20(34-7-6-30)8-14-12(2)17(27)10-18(28-24)22(14)23/h9-10,20,30,33H,3-8,11H2,1-2H3/t20?,26-/m0/s1. The molecule has 2 aromatic heterocycles. The van der Waals surface area contributed by atoms with Crippen LogP contribution in [0.2, 0.25) is 0 Å².